The maximum Gasteiger partial charge on any atom is 0.268 e. The minimum atomic E-state index is -1.37. The number of amides is 2. The molecule has 3 heterocycles. The molecule has 0 fully saturated rings. The van der Waals surface area contributed by atoms with E-state index in [1.807, 2.05) is 50.2 Å². The average Bonchev–Trinajstić information content (AvgIpc) is 3.34. The van der Waals surface area contributed by atoms with Gasteiger partial charge in [-0.3, -0.25) is 9.59 Å². The van der Waals surface area contributed by atoms with Gasteiger partial charge in [-0.15, -0.1) is 15.3 Å². The van der Waals surface area contributed by atoms with Gasteiger partial charge in [0.05, 0.1) is 5.52 Å². The van der Waals surface area contributed by atoms with Crippen molar-refractivity contribution < 1.29 is 14.7 Å². The molecule has 2 amide bonds. The van der Waals surface area contributed by atoms with Gasteiger partial charge in [0.2, 0.25) is 21.8 Å². The molecule has 10 heteroatoms. The minimum Gasteiger partial charge on any atom is -0.493 e. The fraction of sp³-hybridized carbons (Fsp3) is 0.190. The highest BCUT2D eigenvalue weighted by Crippen LogP contribution is 2.53. The monoisotopic (exact) mass is 434 g/mol. The lowest BCUT2D eigenvalue weighted by molar-refractivity contribution is -0.138. The van der Waals surface area contributed by atoms with E-state index < -0.39 is 10.8 Å². The molecule has 2 aliphatic rings. The van der Waals surface area contributed by atoms with Crippen LogP contribution in [0.4, 0.5) is 11.4 Å². The SMILES string of the molecule is CC(=O)N1N=C(N=Nc2c(O)[nH]c3ccc(C)cc23)SC12C(=O)Nc1ccc(C)cc12. The summed E-state index contributed by atoms with van der Waals surface area (Å²) in [5.74, 6) is -0.883. The fourth-order valence-electron chi connectivity index (χ4n) is 3.84. The quantitative estimate of drug-likeness (QED) is 0.496. The number of aromatic nitrogens is 1. The molecule has 0 aliphatic carbocycles. The van der Waals surface area contributed by atoms with Crippen molar-refractivity contribution in [1.82, 2.24) is 9.99 Å². The Balaban J connectivity index is 1.56. The first-order valence-corrected chi connectivity index (χ1v) is 10.4. The standard InChI is InChI=1S/C21H18N6O3S/c1-10-4-6-15-13(8-10)17(18(29)22-15)24-25-20-26-27(12(3)28)21(31-20)14-9-11(2)5-7-16(14)23-19(21)30/h4-9,22,29H,1-3H3,(H,23,30). The number of thioether (sulfide) groups is 1. The van der Waals surface area contributed by atoms with Crippen LogP contribution in [0.15, 0.2) is 51.7 Å². The van der Waals surface area contributed by atoms with E-state index in [1.54, 1.807) is 0 Å². The molecule has 0 saturated heterocycles. The van der Waals surface area contributed by atoms with Gasteiger partial charge in [0.25, 0.3) is 5.91 Å². The molecule has 1 unspecified atom stereocenters. The topological polar surface area (TPSA) is 123 Å². The molecule has 31 heavy (non-hydrogen) atoms. The van der Waals surface area contributed by atoms with E-state index in [0.717, 1.165) is 33.4 Å². The Hall–Kier alpha value is -3.66. The van der Waals surface area contributed by atoms with Gasteiger partial charge in [0, 0.05) is 23.6 Å². The lowest BCUT2D eigenvalue weighted by Crippen LogP contribution is -2.45. The lowest BCUT2D eigenvalue weighted by Gasteiger charge is -2.28. The summed E-state index contributed by atoms with van der Waals surface area (Å²) >= 11 is 1.04. The average molecular weight is 434 g/mol. The summed E-state index contributed by atoms with van der Waals surface area (Å²) in [7, 11) is 0. The van der Waals surface area contributed by atoms with Gasteiger partial charge in [-0.05, 0) is 43.8 Å². The summed E-state index contributed by atoms with van der Waals surface area (Å²) in [5.41, 5.74) is 4.23. The molecule has 0 bridgehead atoms. The van der Waals surface area contributed by atoms with Crippen LogP contribution in [0.3, 0.4) is 0 Å². The number of hydrazone groups is 1. The number of hydrogen-bond donors (Lipinski definition) is 3. The number of anilines is 1. The van der Waals surface area contributed by atoms with Crippen LogP contribution in [0.1, 0.15) is 23.6 Å². The predicted molar refractivity (Wildman–Crippen MR) is 118 cm³/mol. The molecule has 5 rings (SSSR count). The number of aryl methyl sites for hydroxylation is 2. The van der Waals surface area contributed by atoms with Crippen molar-refractivity contribution in [2.24, 2.45) is 15.3 Å². The molecular weight excluding hydrogens is 416 g/mol. The zero-order valence-electron chi connectivity index (χ0n) is 16.9. The normalized spacial score (nSPS) is 20.0. The molecule has 0 saturated carbocycles. The minimum absolute atomic E-state index is 0.120. The van der Waals surface area contributed by atoms with Crippen LogP contribution >= 0.6 is 11.8 Å². The van der Waals surface area contributed by atoms with Crippen molar-refractivity contribution in [3.8, 4) is 5.88 Å². The number of aromatic amines is 1. The highest BCUT2D eigenvalue weighted by atomic mass is 32.2. The summed E-state index contributed by atoms with van der Waals surface area (Å²) in [5, 5.41) is 27.7. The number of hydrogen-bond acceptors (Lipinski definition) is 7. The largest absolute Gasteiger partial charge is 0.493 e. The van der Waals surface area contributed by atoms with Gasteiger partial charge < -0.3 is 15.4 Å². The third kappa shape index (κ3) is 2.82. The Morgan fingerprint density at radius 3 is 2.68 bits per heavy atom. The number of nitrogens with zero attached hydrogens (tertiary/aromatic N) is 4. The summed E-state index contributed by atoms with van der Waals surface area (Å²) < 4.78 is 0. The van der Waals surface area contributed by atoms with Gasteiger partial charge in [0.1, 0.15) is 0 Å². The number of fused-ring (bicyclic) bond motifs is 3. The van der Waals surface area contributed by atoms with E-state index in [2.05, 4.69) is 25.6 Å². The van der Waals surface area contributed by atoms with Crippen LogP contribution in [-0.2, 0) is 14.5 Å². The Morgan fingerprint density at radius 2 is 1.90 bits per heavy atom. The fourth-order valence-corrected chi connectivity index (χ4v) is 4.99. The summed E-state index contributed by atoms with van der Waals surface area (Å²) in [6.45, 7) is 5.20. The Bertz CT molecular complexity index is 1340. The van der Waals surface area contributed by atoms with E-state index in [0.29, 0.717) is 16.6 Å². The van der Waals surface area contributed by atoms with Gasteiger partial charge in [-0.2, -0.15) is 5.01 Å². The molecule has 3 N–H and O–H groups in total. The van der Waals surface area contributed by atoms with Crippen LogP contribution in [0.25, 0.3) is 10.9 Å². The Labute approximate surface area is 181 Å². The number of benzene rings is 2. The van der Waals surface area contributed by atoms with Crippen LogP contribution in [-0.4, -0.2) is 32.1 Å². The maximum atomic E-state index is 13.0. The number of nitrogens with one attached hydrogen (secondary N) is 2. The van der Waals surface area contributed by atoms with Crippen LogP contribution in [0, 0.1) is 13.8 Å². The molecule has 3 aromatic rings. The van der Waals surface area contributed by atoms with E-state index >= 15 is 0 Å². The first-order valence-electron chi connectivity index (χ1n) is 9.53. The van der Waals surface area contributed by atoms with Crippen molar-refractivity contribution >= 4 is 51.0 Å². The van der Waals surface area contributed by atoms with Crippen molar-refractivity contribution in [2.45, 2.75) is 25.6 Å². The molecular formula is C21H18N6O3S. The third-order valence-electron chi connectivity index (χ3n) is 5.26. The second-order valence-corrected chi connectivity index (χ2v) is 8.69. The molecule has 2 aliphatic heterocycles. The van der Waals surface area contributed by atoms with E-state index in [4.69, 9.17) is 0 Å². The smallest absolute Gasteiger partial charge is 0.268 e. The van der Waals surface area contributed by atoms with Crippen LogP contribution < -0.4 is 5.32 Å². The highest BCUT2D eigenvalue weighted by molar-refractivity contribution is 8.15. The zero-order valence-corrected chi connectivity index (χ0v) is 17.7. The molecule has 1 atom stereocenters. The van der Waals surface area contributed by atoms with Crippen molar-refractivity contribution in [3.05, 3.63) is 53.1 Å². The lowest BCUT2D eigenvalue weighted by atomic mass is 10.0. The van der Waals surface area contributed by atoms with Crippen molar-refractivity contribution in [1.29, 1.82) is 0 Å². The van der Waals surface area contributed by atoms with E-state index in [-0.39, 0.29) is 22.6 Å². The summed E-state index contributed by atoms with van der Waals surface area (Å²) in [6.07, 6.45) is 0. The number of rotatable bonds is 1. The van der Waals surface area contributed by atoms with Gasteiger partial charge in [0.15, 0.2) is 5.69 Å². The maximum absolute atomic E-state index is 13.0. The van der Waals surface area contributed by atoms with Gasteiger partial charge in [-0.1, -0.05) is 29.3 Å². The molecule has 156 valence electrons. The summed E-state index contributed by atoms with van der Waals surface area (Å²) in [4.78, 5) is 26.9. The first-order chi connectivity index (χ1) is 14.8. The molecule has 1 aromatic heterocycles. The highest BCUT2D eigenvalue weighted by Gasteiger charge is 2.58. The van der Waals surface area contributed by atoms with Gasteiger partial charge >= 0.3 is 0 Å². The number of carbonyl (C=O) groups is 2. The van der Waals surface area contributed by atoms with E-state index in [9.17, 15) is 14.7 Å². The van der Waals surface area contributed by atoms with Crippen LogP contribution in [0.2, 0.25) is 0 Å². The second-order valence-electron chi connectivity index (χ2n) is 7.53. The number of azo groups is 1. The molecule has 1 spiro atoms. The third-order valence-corrected chi connectivity index (χ3v) is 6.48. The molecule has 0 radical (unpaired) electrons. The number of amidine groups is 1. The number of aromatic hydroxyl groups is 1. The molecule has 9 nitrogen and oxygen atoms in total. The van der Waals surface area contributed by atoms with Crippen molar-refractivity contribution in [2.75, 3.05) is 5.32 Å². The van der Waals surface area contributed by atoms with Crippen molar-refractivity contribution in [3.63, 3.8) is 0 Å². The first kappa shape index (κ1) is 19.3. The molecule has 2 aromatic carbocycles. The summed E-state index contributed by atoms with van der Waals surface area (Å²) in [6, 6.07) is 11.2. The predicted octanol–water partition coefficient (Wildman–Crippen LogP) is 4.25. The number of H-pyrrole nitrogens is 1. The van der Waals surface area contributed by atoms with Crippen LogP contribution in [0.5, 0.6) is 5.88 Å². The Morgan fingerprint density at radius 1 is 1.16 bits per heavy atom. The Kier molecular flexibility index (Phi) is 4.16. The zero-order chi connectivity index (χ0) is 21.9. The van der Waals surface area contributed by atoms with E-state index in [1.165, 1.54) is 6.92 Å². The second kappa shape index (κ2) is 6.67. The number of carbonyl (C=O) groups excluding carboxylic acids is 2. The van der Waals surface area contributed by atoms with Gasteiger partial charge in [-0.25, -0.2) is 0 Å².